The maximum absolute atomic E-state index is 9.79. The van der Waals surface area contributed by atoms with Crippen LogP contribution in [-0.2, 0) is 4.79 Å². The molecule has 12 heavy (non-hydrogen) atoms. The first-order valence-electron chi connectivity index (χ1n) is 3.25. The van der Waals surface area contributed by atoms with Gasteiger partial charge in [-0.3, -0.25) is 0 Å². The van der Waals surface area contributed by atoms with Gasteiger partial charge in [0.05, 0.1) is 7.11 Å². The molecule has 1 rings (SSSR count). The van der Waals surface area contributed by atoms with Gasteiger partial charge in [-0.2, -0.15) is 0 Å². The van der Waals surface area contributed by atoms with Crippen molar-refractivity contribution in [2.24, 2.45) is 4.40 Å². The number of ether oxygens (including phenoxy) is 1. The quantitative estimate of drug-likeness (QED) is 0.407. The number of carbonyl (C=O) groups excluding carboxylic acids is 1. The lowest BCUT2D eigenvalue weighted by atomic mass is 10.3. The molecule has 0 radical (unpaired) electrons. The number of hydrogen-bond acceptors (Lipinski definition) is 4. The molecule has 0 aliphatic heterocycles. The highest BCUT2D eigenvalue weighted by Gasteiger charge is 1.94. The highest BCUT2D eigenvalue weighted by Crippen LogP contribution is 2.22. The second-order valence-electron chi connectivity index (χ2n) is 1.95. The lowest BCUT2D eigenvalue weighted by Crippen LogP contribution is -1.81. The molecule has 0 unspecified atom stereocenters. The molecule has 0 aliphatic rings. The zero-order valence-corrected chi connectivity index (χ0v) is 7.30. The van der Waals surface area contributed by atoms with E-state index in [-0.39, 0.29) is 0 Å². The molecule has 0 bridgehead atoms. The van der Waals surface area contributed by atoms with Crippen molar-refractivity contribution in [2.45, 2.75) is 4.90 Å². The third-order valence-electron chi connectivity index (χ3n) is 1.23. The van der Waals surface area contributed by atoms with Crippen LogP contribution in [0.4, 0.5) is 0 Å². The van der Waals surface area contributed by atoms with E-state index in [0.29, 0.717) is 0 Å². The van der Waals surface area contributed by atoms with Gasteiger partial charge in [0.25, 0.3) is 0 Å². The number of isocyanates is 1. The molecule has 0 saturated heterocycles. The topological polar surface area (TPSA) is 38.7 Å². The van der Waals surface area contributed by atoms with Gasteiger partial charge in [0.15, 0.2) is 0 Å². The zero-order chi connectivity index (χ0) is 8.81. The summed E-state index contributed by atoms with van der Waals surface area (Å²) in [5.41, 5.74) is 0. The molecule has 0 atom stereocenters. The maximum atomic E-state index is 9.79. The number of benzene rings is 1. The Hall–Kier alpha value is -1.25. The van der Waals surface area contributed by atoms with E-state index in [1.165, 1.54) is 6.08 Å². The summed E-state index contributed by atoms with van der Waals surface area (Å²) in [7, 11) is 1.59. The zero-order valence-electron chi connectivity index (χ0n) is 6.48. The smallest absolute Gasteiger partial charge is 0.247 e. The molecule has 0 fully saturated rings. The van der Waals surface area contributed by atoms with Crippen molar-refractivity contribution in [3.8, 4) is 5.75 Å². The first-order chi connectivity index (χ1) is 5.86. The van der Waals surface area contributed by atoms with E-state index in [4.69, 9.17) is 4.74 Å². The molecule has 0 saturated carbocycles. The molecule has 1 aromatic carbocycles. The van der Waals surface area contributed by atoms with Gasteiger partial charge in [-0.05, 0) is 18.2 Å². The van der Waals surface area contributed by atoms with E-state index in [0.717, 1.165) is 22.6 Å². The second-order valence-corrected chi connectivity index (χ2v) is 2.79. The Labute approximate surface area is 74.6 Å². The minimum absolute atomic E-state index is 0.751. The Kier molecular flexibility index (Phi) is 3.38. The van der Waals surface area contributed by atoms with Gasteiger partial charge in [0.1, 0.15) is 5.75 Å². The molecule has 0 spiro atoms. The SMILES string of the molecule is COc1cccc(SN=C=O)c1. The molecular weight excluding hydrogens is 174 g/mol. The van der Waals surface area contributed by atoms with Crippen LogP contribution in [0.3, 0.4) is 0 Å². The second kappa shape index (κ2) is 4.59. The van der Waals surface area contributed by atoms with Crippen LogP contribution in [0, 0.1) is 0 Å². The highest BCUT2D eigenvalue weighted by atomic mass is 32.2. The van der Waals surface area contributed by atoms with Crippen molar-refractivity contribution in [1.29, 1.82) is 0 Å². The monoisotopic (exact) mass is 181 g/mol. The van der Waals surface area contributed by atoms with Gasteiger partial charge in [-0.25, -0.2) is 4.79 Å². The Balaban J connectivity index is 2.78. The Bertz CT molecular complexity index is 308. The van der Waals surface area contributed by atoms with E-state index in [1.54, 1.807) is 13.2 Å². The fourth-order valence-electron chi connectivity index (χ4n) is 0.729. The number of hydrogen-bond donors (Lipinski definition) is 0. The summed E-state index contributed by atoms with van der Waals surface area (Å²) < 4.78 is 8.35. The molecule has 62 valence electrons. The normalized spacial score (nSPS) is 8.75. The fourth-order valence-corrected chi connectivity index (χ4v) is 1.18. The molecule has 0 N–H and O–H groups in total. The van der Waals surface area contributed by atoms with E-state index < -0.39 is 0 Å². The molecule has 0 amide bonds. The van der Waals surface area contributed by atoms with Crippen molar-refractivity contribution < 1.29 is 9.53 Å². The van der Waals surface area contributed by atoms with Crippen LogP contribution in [0.5, 0.6) is 5.75 Å². The van der Waals surface area contributed by atoms with Gasteiger partial charge in [0.2, 0.25) is 6.08 Å². The molecule has 4 heteroatoms. The van der Waals surface area contributed by atoms with E-state index in [9.17, 15) is 4.79 Å². The van der Waals surface area contributed by atoms with E-state index >= 15 is 0 Å². The summed E-state index contributed by atoms with van der Waals surface area (Å²) >= 11 is 1.07. The van der Waals surface area contributed by atoms with Crippen LogP contribution in [0.15, 0.2) is 33.6 Å². The van der Waals surface area contributed by atoms with E-state index in [1.807, 2.05) is 18.2 Å². The van der Waals surface area contributed by atoms with Crippen LogP contribution in [-0.4, -0.2) is 13.2 Å². The lowest BCUT2D eigenvalue weighted by Gasteiger charge is -1.99. The van der Waals surface area contributed by atoms with Crippen LogP contribution in [0.2, 0.25) is 0 Å². The van der Waals surface area contributed by atoms with Gasteiger partial charge in [-0.15, -0.1) is 4.40 Å². The van der Waals surface area contributed by atoms with Crippen molar-refractivity contribution >= 4 is 18.0 Å². The summed E-state index contributed by atoms with van der Waals surface area (Å²) in [4.78, 5) is 10.6. The molecule has 3 nitrogen and oxygen atoms in total. The fraction of sp³-hybridized carbons (Fsp3) is 0.125. The van der Waals surface area contributed by atoms with Crippen molar-refractivity contribution in [3.05, 3.63) is 24.3 Å². The average Bonchev–Trinajstić information content (AvgIpc) is 2.15. The summed E-state index contributed by atoms with van der Waals surface area (Å²) in [5, 5.41) is 0. The highest BCUT2D eigenvalue weighted by molar-refractivity contribution is 7.98. The Morgan fingerprint density at radius 2 is 2.42 bits per heavy atom. The third kappa shape index (κ3) is 2.42. The first kappa shape index (κ1) is 8.84. The first-order valence-corrected chi connectivity index (χ1v) is 4.02. The number of methoxy groups -OCH3 is 1. The van der Waals surface area contributed by atoms with Crippen LogP contribution in [0.25, 0.3) is 0 Å². The largest absolute Gasteiger partial charge is 0.497 e. The third-order valence-corrected chi connectivity index (χ3v) is 1.86. The summed E-state index contributed by atoms with van der Waals surface area (Å²) in [6.45, 7) is 0. The summed E-state index contributed by atoms with van der Waals surface area (Å²) in [6, 6.07) is 7.30. The summed E-state index contributed by atoms with van der Waals surface area (Å²) in [6.07, 6.45) is 1.45. The number of rotatable bonds is 3. The molecular formula is C8H7NO2S. The van der Waals surface area contributed by atoms with Crippen molar-refractivity contribution in [1.82, 2.24) is 0 Å². The molecule has 0 heterocycles. The predicted octanol–water partition coefficient (Wildman–Crippen LogP) is 2.04. The standard InChI is InChI=1S/C8H7NO2S/c1-11-7-3-2-4-8(5-7)12-9-6-10/h2-5H,1H3. The van der Waals surface area contributed by atoms with Crippen molar-refractivity contribution in [3.63, 3.8) is 0 Å². The molecule has 1 aromatic rings. The maximum Gasteiger partial charge on any atom is 0.247 e. The summed E-state index contributed by atoms with van der Waals surface area (Å²) in [5.74, 6) is 0.751. The molecule has 0 aliphatic carbocycles. The van der Waals surface area contributed by atoms with Crippen molar-refractivity contribution in [2.75, 3.05) is 7.11 Å². The predicted molar refractivity (Wildman–Crippen MR) is 47.0 cm³/mol. The van der Waals surface area contributed by atoms with Gasteiger partial charge >= 0.3 is 0 Å². The molecule has 0 aromatic heterocycles. The number of nitrogens with zero attached hydrogens (tertiary/aromatic N) is 1. The van der Waals surface area contributed by atoms with Gasteiger partial charge in [-0.1, -0.05) is 6.07 Å². The van der Waals surface area contributed by atoms with E-state index in [2.05, 4.69) is 4.40 Å². The van der Waals surface area contributed by atoms with Gasteiger partial charge in [0, 0.05) is 16.8 Å². The van der Waals surface area contributed by atoms with Crippen LogP contribution in [0.1, 0.15) is 0 Å². The van der Waals surface area contributed by atoms with Crippen LogP contribution < -0.4 is 4.74 Å². The average molecular weight is 181 g/mol. The minimum Gasteiger partial charge on any atom is -0.497 e. The Morgan fingerprint density at radius 3 is 3.08 bits per heavy atom. The minimum atomic E-state index is 0.751. The van der Waals surface area contributed by atoms with Gasteiger partial charge < -0.3 is 4.74 Å². The van der Waals surface area contributed by atoms with Crippen LogP contribution >= 0.6 is 11.9 Å². The lowest BCUT2D eigenvalue weighted by molar-refractivity contribution is 0.413. The Morgan fingerprint density at radius 1 is 1.58 bits per heavy atom.